The van der Waals surface area contributed by atoms with E-state index in [2.05, 4.69) is 0 Å². The SMILES string of the molecule is CC[C@@]1(C)SC(=O)C(C(C)=O)=C1O. The monoisotopic (exact) mass is 200 g/mol. The summed E-state index contributed by atoms with van der Waals surface area (Å²) in [6, 6.07) is 0. The van der Waals surface area contributed by atoms with Gasteiger partial charge >= 0.3 is 0 Å². The zero-order valence-corrected chi connectivity index (χ0v) is 8.70. The van der Waals surface area contributed by atoms with E-state index in [9.17, 15) is 14.7 Å². The van der Waals surface area contributed by atoms with Gasteiger partial charge in [-0.2, -0.15) is 0 Å². The summed E-state index contributed by atoms with van der Waals surface area (Å²) in [7, 11) is 0. The van der Waals surface area contributed by atoms with E-state index >= 15 is 0 Å². The lowest BCUT2D eigenvalue weighted by Gasteiger charge is -2.19. The Morgan fingerprint density at radius 2 is 2.15 bits per heavy atom. The molecule has 0 saturated heterocycles. The van der Waals surface area contributed by atoms with Crippen molar-refractivity contribution in [3.63, 3.8) is 0 Å². The number of carbonyl (C=O) groups is 2. The molecule has 4 heteroatoms. The Kier molecular flexibility index (Phi) is 2.52. The van der Waals surface area contributed by atoms with Gasteiger partial charge in [-0.25, -0.2) is 0 Å². The van der Waals surface area contributed by atoms with E-state index < -0.39 is 4.75 Å². The van der Waals surface area contributed by atoms with E-state index in [1.807, 2.05) is 6.92 Å². The van der Waals surface area contributed by atoms with Crippen molar-refractivity contribution in [2.24, 2.45) is 0 Å². The van der Waals surface area contributed by atoms with Crippen molar-refractivity contribution in [1.82, 2.24) is 0 Å². The molecule has 0 aliphatic carbocycles. The van der Waals surface area contributed by atoms with E-state index in [0.29, 0.717) is 6.42 Å². The molecule has 1 aliphatic rings. The predicted molar refractivity (Wildman–Crippen MR) is 51.6 cm³/mol. The summed E-state index contributed by atoms with van der Waals surface area (Å²) in [6.07, 6.45) is 0.631. The van der Waals surface area contributed by atoms with Crippen LogP contribution in [-0.2, 0) is 9.59 Å². The molecule has 0 aromatic carbocycles. The molecule has 0 spiro atoms. The summed E-state index contributed by atoms with van der Waals surface area (Å²) in [5.41, 5.74) is -0.0330. The van der Waals surface area contributed by atoms with E-state index in [4.69, 9.17) is 0 Å². The highest BCUT2D eigenvalue weighted by Gasteiger charge is 2.43. The van der Waals surface area contributed by atoms with Gasteiger partial charge < -0.3 is 5.11 Å². The fourth-order valence-electron chi connectivity index (χ4n) is 1.22. The maximum Gasteiger partial charge on any atom is 0.227 e. The second-order valence-corrected chi connectivity index (χ2v) is 4.73. The lowest BCUT2D eigenvalue weighted by Crippen LogP contribution is -2.19. The number of hydrogen-bond donors (Lipinski definition) is 1. The van der Waals surface area contributed by atoms with Crippen LogP contribution in [0.1, 0.15) is 27.2 Å². The fourth-order valence-corrected chi connectivity index (χ4v) is 2.31. The van der Waals surface area contributed by atoms with Crippen LogP contribution in [0.5, 0.6) is 0 Å². The van der Waals surface area contributed by atoms with E-state index in [1.165, 1.54) is 6.92 Å². The Morgan fingerprint density at radius 1 is 1.62 bits per heavy atom. The van der Waals surface area contributed by atoms with Crippen LogP contribution in [0.2, 0.25) is 0 Å². The van der Waals surface area contributed by atoms with Gasteiger partial charge in [0, 0.05) is 0 Å². The normalized spacial score (nSPS) is 28.4. The number of rotatable bonds is 2. The quantitative estimate of drug-likeness (QED) is 0.691. The summed E-state index contributed by atoms with van der Waals surface area (Å²) in [5, 5.41) is 9.36. The standard InChI is InChI=1S/C9H12O3S/c1-4-9(3)7(11)6(5(2)10)8(12)13-9/h11H,4H2,1-3H3/t9-/m1/s1. The first-order valence-corrected chi connectivity index (χ1v) is 4.92. The lowest BCUT2D eigenvalue weighted by atomic mass is 10.0. The van der Waals surface area contributed by atoms with Crippen LogP contribution in [0.3, 0.4) is 0 Å². The number of hydrogen-bond acceptors (Lipinski definition) is 4. The molecule has 1 heterocycles. The Balaban J connectivity index is 3.18. The molecule has 72 valence electrons. The molecule has 0 fully saturated rings. The summed E-state index contributed by atoms with van der Waals surface area (Å²) in [6.45, 7) is 4.94. The molecule has 0 aromatic rings. The van der Waals surface area contributed by atoms with Gasteiger partial charge in [-0.05, 0) is 20.3 Å². The molecule has 0 unspecified atom stereocenters. The number of aliphatic hydroxyl groups excluding tert-OH is 1. The smallest absolute Gasteiger partial charge is 0.227 e. The van der Waals surface area contributed by atoms with Crippen LogP contribution in [0, 0.1) is 0 Å². The van der Waals surface area contributed by atoms with Crippen molar-refractivity contribution in [3.8, 4) is 0 Å². The zero-order chi connectivity index (χ0) is 10.2. The van der Waals surface area contributed by atoms with Crippen LogP contribution < -0.4 is 0 Å². The molecule has 1 atom stereocenters. The van der Waals surface area contributed by atoms with Crippen LogP contribution in [-0.4, -0.2) is 20.8 Å². The van der Waals surface area contributed by atoms with Gasteiger partial charge in [0.05, 0.1) is 4.75 Å². The fraction of sp³-hybridized carbons (Fsp3) is 0.556. The lowest BCUT2D eigenvalue weighted by molar-refractivity contribution is -0.116. The average Bonchev–Trinajstić information content (AvgIpc) is 2.24. The second kappa shape index (κ2) is 3.18. The number of carbonyl (C=O) groups excluding carboxylic acids is 2. The summed E-state index contributed by atoms with van der Waals surface area (Å²) < 4.78 is -0.599. The predicted octanol–water partition coefficient (Wildman–Crippen LogP) is 1.83. The minimum atomic E-state index is -0.599. The third-order valence-electron chi connectivity index (χ3n) is 2.29. The van der Waals surface area contributed by atoms with E-state index in [-0.39, 0.29) is 22.2 Å². The van der Waals surface area contributed by atoms with Crippen LogP contribution in [0.25, 0.3) is 0 Å². The number of thioether (sulfide) groups is 1. The molecule has 0 saturated carbocycles. The van der Waals surface area contributed by atoms with Crippen molar-refractivity contribution < 1.29 is 14.7 Å². The van der Waals surface area contributed by atoms with Gasteiger partial charge in [-0.1, -0.05) is 18.7 Å². The maximum absolute atomic E-state index is 11.3. The number of Topliss-reactive ketones (excluding diaryl/α,β-unsaturated/α-hetero) is 1. The summed E-state index contributed by atoms with van der Waals surface area (Å²) >= 11 is 1.03. The summed E-state index contributed by atoms with van der Waals surface area (Å²) in [4.78, 5) is 22.3. The van der Waals surface area contributed by atoms with Crippen molar-refractivity contribution in [2.75, 3.05) is 0 Å². The molecule has 3 nitrogen and oxygen atoms in total. The van der Waals surface area contributed by atoms with Gasteiger partial charge in [-0.3, -0.25) is 9.59 Å². The van der Waals surface area contributed by atoms with E-state index in [1.54, 1.807) is 6.92 Å². The van der Waals surface area contributed by atoms with Crippen LogP contribution >= 0.6 is 11.8 Å². The summed E-state index contributed by atoms with van der Waals surface area (Å²) in [5.74, 6) is -0.412. The van der Waals surface area contributed by atoms with Gasteiger partial charge in [-0.15, -0.1) is 0 Å². The molecular weight excluding hydrogens is 188 g/mol. The van der Waals surface area contributed by atoms with Crippen molar-refractivity contribution in [2.45, 2.75) is 31.9 Å². The third-order valence-corrected chi connectivity index (χ3v) is 3.61. The van der Waals surface area contributed by atoms with Crippen LogP contribution in [0.15, 0.2) is 11.3 Å². The van der Waals surface area contributed by atoms with E-state index in [0.717, 1.165) is 11.8 Å². The highest BCUT2D eigenvalue weighted by atomic mass is 32.2. The Labute approximate surface area is 81.2 Å². The highest BCUT2D eigenvalue weighted by Crippen LogP contribution is 2.44. The molecule has 1 aliphatic heterocycles. The Hall–Kier alpha value is -0.770. The molecule has 13 heavy (non-hydrogen) atoms. The largest absolute Gasteiger partial charge is 0.510 e. The van der Waals surface area contributed by atoms with Gasteiger partial charge in [0.15, 0.2) is 5.78 Å². The molecule has 0 radical (unpaired) electrons. The molecule has 1 rings (SSSR count). The molecule has 0 bridgehead atoms. The Bertz CT molecular complexity index is 306. The van der Waals surface area contributed by atoms with Gasteiger partial charge in [0.1, 0.15) is 11.3 Å². The Morgan fingerprint density at radius 3 is 2.38 bits per heavy atom. The topological polar surface area (TPSA) is 54.4 Å². The molecule has 0 amide bonds. The molecule has 1 N–H and O–H groups in total. The first-order valence-electron chi connectivity index (χ1n) is 4.10. The van der Waals surface area contributed by atoms with Gasteiger partial charge in [0.25, 0.3) is 0 Å². The molecular formula is C9H12O3S. The highest BCUT2D eigenvalue weighted by molar-refractivity contribution is 8.16. The maximum atomic E-state index is 11.3. The zero-order valence-electron chi connectivity index (χ0n) is 7.88. The van der Waals surface area contributed by atoms with Crippen molar-refractivity contribution >= 4 is 22.7 Å². The number of aliphatic hydroxyl groups is 1. The first-order chi connectivity index (χ1) is 5.92. The second-order valence-electron chi connectivity index (χ2n) is 3.25. The molecule has 0 aromatic heterocycles. The average molecular weight is 200 g/mol. The minimum absolute atomic E-state index is 0.0330. The van der Waals surface area contributed by atoms with Crippen molar-refractivity contribution in [3.05, 3.63) is 11.3 Å². The van der Waals surface area contributed by atoms with Crippen LogP contribution in [0.4, 0.5) is 0 Å². The number of ketones is 1. The minimum Gasteiger partial charge on any atom is -0.510 e. The van der Waals surface area contributed by atoms with Gasteiger partial charge in [0.2, 0.25) is 5.12 Å². The third kappa shape index (κ3) is 1.50. The van der Waals surface area contributed by atoms with Crippen molar-refractivity contribution in [1.29, 1.82) is 0 Å². The first kappa shape index (κ1) is 10.3.